The smallest absolute Gasteiger partial charge is 0.207 e. The molecule has 3 heteroatoms. The quantitative estimate of drug-likeness (QED) is 0.723. The maximum absolute atomic E-state index is 12.8. The van der Waals surface area contributed by atoms with Crippen molar-refractivity contribution in [1.82, 2.24) is 0 Å². The van der Waals surface area contributed by atoms with Crippen LogP contribution in [0.4, 0.5) is 4.39 Å². The van der Waals surface area contributed by atoms with Gasteiger partial charge in [0.15, 0.2) is 6.10 Å². The Morgan fingerprint density at radius 2 is 2.29 bits per heavy atom. The largest absolute Gasteiger partial charge is 0.482 e. The van der Waals surface area contributed by atoms with Crippen LogP contribution in [0.5, 0.6) is 5.75 Å². The Morgan fingerprint density at radius 1 is 1.50 bits per heavy atom. The number of hydrogen-bond donors (Lipinski definition) is 0. The molecule has 0 bridgehead atoms. The summed E-state index contributed by atoms with van der Waals surface area (Å²) in [7, 11) is 0. The summed E-state index contributed by atoms with van der Waals surface area (Å²) in [5, 5.41) is 0. The first-order valence-corrected chi connectivity index (χ1v) is 4.72. The summed E-state index contributed by atoms with van der Waals surface area (Å²) in [6, 6.07) is 4.06. The van der Waals surface area contributed by atoms with Crippen molar-refractivity contribution in [1.29, 1.82) is 0 Å². The molecular weight excluding hydrogens is 183 g/mol. The molecule has 1 aromatic carbocycles. The molecule has 1 heterocycles. The highest BCUT2D eigenvalue weighted by molar-refractivity contribution is 6.04. The fourth-order valence-electron chi connectivity index (χ4n) is 1.63. The highest BCUT2D eigenvalue weighted by Gasteiger charge is 2.31. The number of carbonyl (C=O) groups is 1. The number of carbonyl (C=O) groups excluding carboxylic acids is 1. The zero-order valence-corrected chi connectivity index (χ0v) is 7.92. The number of hydrogen-bond acceptors (Lipinski definition) is 2. The van der Waals surface area contributed by atoms with Gasteiger partial charge in [0.25, 0.3) is 0 Å². The first kappa shape index (κ1) is 9.19. The second-order valence-electron chi connectivity index (χ2n) is 3.40. The van der Waals surface area contributed by atoms with E-state index in [4.69, 9.17) is 4.74 Å². The van der Waals surface area contributed by atoms with Crippen LogP contribution in [-0.4, -0.2) is 11.9 Å². The van der Waals surface area contributed by atoms with Crippen molar-refractivity contribution in [3.05, 3.63) is 29.6 Å². The lowest BCUT2D eigenvalue weighted by Gasteiger charge is -2.06. The fourth-order valence-corrected chi connectivity index (χ4v) is 1.63. The van der Waals surface area contributed by atoms with E-state index in [1.54, 1.807) is 0 Å². The average molecular weight is 194 g/mol. The van der Waals surface area contributed by atoms with Gasteiger partial charge >= 0.3 is 0 Å². The van der Waals surface area contributed by atoms with Crippen molar-refractivity contribution < 1.29 is 13.9 Å². The van der Waals surface area contributed by atoms with Crippen LogP contribution in [-0.2, 0) is 0 Å². The van der Waals surface area contributed by atoms with Gasteiger partial charge < -0.3 is 4.74 Å². The van der Waals surface area contributed by atoms with E-state index in [1.807, 2.05) is 6.92 Å². The van der Waals surface area contributed by atoms with Crippen LogP contribution >= 0.6 is 0 Å². The summed E-state index contributed by atoms with van der Waals surface area (Å²) >= 11 is 0. The molecule has 0 saturated heterocycles. The molecule has 1 unspecified atom stereocenters. The third-order valence-corrected chi connectivity index (χ3v) is 2.32. The zero-order chi connectivity index (χ0) is 10.1. The standard InChI is InChI=1S/C11H11FO2/c1-2-3-10-11(13)8-6-7(12)4-5-9(8)14-10/h4-6,10H,2-3H2,1H3. The van der Waals surface area contributed by atoms with Crippen molar-refractivity contribution in [2.24, 2.45) is 0 Å². The molecule has 0 N–H and O–H groups in total. The van der Waals surface area contributed by atoms with Crippen molar-refractivity contribution in [3.63, 3.8) is 0 Å². The van der Waals surface area contributed by atoms with E-state index >= 15 is 0 Å². The molecule has 0 fully saturated rings. The molecule has 2 rings (SSSR count). The van der Waals surface area contributed by atoms with Gasteiger partial charge in [-0.05, 0) is 24.6 Å². The fraction of sp³-hybridized carbons (Fsp3) is 0.364. The molecule has 74 valence electrons. The van der Waals surface area contributed by atoms with Crippen LogP contribution in [0.2, 0.25) is 0 Å². The molecule has 2 nitrogen and oxygen atoms in total. The minimum absolute atomic E-state index is 0.0960. The molecular formula is C11H11FO2. The number of ether oxygens (including phenoxy) is 1. The van der Waals surface area contributed by atoms with E-state index in [2.05, 4.69) is 0 Å². The van der Waals surface area contributed by atoms with Gasteiger partial charge in [-0.1, -0.05) is 13.3 Å². The van der Waals surface area contributed by atoms with Gasteiger partial charge in [-0.3, -0.25) is 4.79 Å². The number of benzene rings is 1. The average Bonchev–Trinajstić information content (AvgIpc) is 2.46. The Kier molecular flexibility index (Phi) is 2.23. The predicted molar refractivity (Wildman–Crippen MR) is 50.1 cm³/mol. The van der Waals surface area contributed by atoms with Gasteiger partial charge in [0.05, 0.1) is 5.56 Å². The van der Waals surface area contributed by atoms with E-state index in [9.17, 15) is 9.18 Å². The predicted octanol–water partition coefficient (Wildman–Crippen LogP) is 2.57. The molecule has 1 aromatic rings. The summed E-state index contributed by atoms with van der Waals surface area (Å²) in [6.45, 7) is 1.99. The van der Waals surface area contributed by atoms with Crippen LogP contribution in [0, 0.1) is 5.82 Å². The minimum atomic E-state index is -0.406. The van der Waals surface area contributed by atoms with Gasteiger partial charge in [0.2, 0.25) is 5.78 Å². The van der Waals surface area contributed by atoms with Gasteiger partial charge in [0.1, 0.15) is 11.6 Å². The number of halogens is 1. The van der Waals surface area contributed by atoms with Crippen LogP contribution in [0.1, 0.15) is 30.1 Å². The maximum Gasteiger partial charge on any atom is 0.207 e. The van der Waals surface area contributed by atoms with Crippen LogP contribution in [0.3, 0.4) is 0 Å². The van der Waals surface area contributed by atoms with Crippen LogP contribution < -0.4 is 4.74 Å². The number of rotatable bonds is 2. The third-order valence-electron chi connectivity index (χ3n) is 2.32. The zero-order valence-electron chi connectivity index (χ0n) is 7.92. The Balaban J connectivity index is 2.31. The molecule has 0 spiro atoms. The third kappa shape index (κ3) is 1.39. The van der Waals surface area contributed by atoms with E-state index in [1.165, 1.54) is 18.2 Å². The molecule has 1 aliphatic rings. The van der Waals surface area contributed by atoms with Gasteiger partial charge in [-0.25, -0.2) is 4.39 Å². The number of ketones is 1. The molecule has 0 aromatic heterocycles. The van der Waals surface area contributed by atoms with Crippen molar-refractivity contribution in [2.45, 2.75) is 25.9 Å². The Hall–Kier alpha value is -1.38. The molecule has 1 atom stereocenters. The van der Waals surface area contributed by atoms with E-state index < -0.39 is 11.9 Å². The first-order valence-electron chi connectivity index (χ1n) is 4.72. The lowest BCUT2D eigenvalue weighted by atomic mass is 10.1. The van der Waals surface area contributed by atoms with Crippen molar-refractivity contribution >= 4 is 5.78 Å². The minimum Gasteiger partial charge on any atom is -0.482 e. The molecule has 0 amide bonds. The number of fused-ring (bicyclic) bond motifs is 1. The Labute approximate surface area is 81.7 Å². The summed E-state index contributed by atoms with van der Waals surface area (Å²) in [4.78, 5) is 11.6. The molecule has 0 aliphatic carbocycles. The topological polar surface area (TPSA) is 26.3 Å². The highest BCUT2D eigenvalue weighted by Crippen LogP contribution is 2.30. The van der Waals surface area contributed by atoms with E-state index in [0.717, 1.165) is 6.42 Å². The highest BCUT2D eigenvalue weighted by atomic mass is 19.1. The van der Waals surface area contributed by atoms with Gasteiger partial charge in [0, 0.05) is 0 Å². The van der Waals surface area contributed by atoms with Gasteiger partial charge in [-0.2, -0.15) is 0 Å². The van der Waals surface area contributed by atoms with Crippen molar-refractivity contribution in [2.75, 3.05) is 0 Å². The summed E-state index contributed by atoms with van der Waals surface area (Å²) in [6.07, 6.45) is 1.17. The SMILES string of the molecule is CCCC1Oc2ccc(F)cc2C1=O. The summed E-state index contributed by atoms with van der Waals surface area (Å²) in [5.74, 6) is 0.0223. The Bertz CT molecular complexity index is 374. The van der Waals surface area contributed by atoms with Crippen LogP contribution in [0.25, 0.3) is 0 Å². The second-order valence-corrected chi connectivity index (χ2v) is 3.40. The van der Waals surface area contributed by atoms with E-state index in [-0.39, 0.29) is 5.78 Å². The first-order chi connectivity index (χ1) is 6.72. The summed E-state index contributed by atoms with van der Waals surface area (Å²) < 4.78 is 18.2. The molecule has 14 heavy (non-hydrogen) atoms. The van der Waals surface area contributed by atoms with Crippen molar-refractivity contribution in [3.8, 4) is 5.75 Å². The molecule has 0 saturated carbocycles. The second kappa shape index (κ2) is 3.40. The van der Waals surface area contributed by atoms with E-state index in [0.29, 0.717) is 17.7 Å². The normalized spacial score (nSPS) is 19.3. The van der Waals surface area contributed by atoms with Crippen LogP contribution in [0.15, 0.2) is 18.2 Å². The summed E-state index contributed by atoms with van der Waals surface area (Å²) in [5.41, 5.74) is 0.378. The number of Topliss-reactive ketones (excluding diaryl/α,β-unsaturated/α-hetero) is 1. The Morgan fingerprint density at radius 3 is 3.00 bits per heavy atom. The van der Waals surface area contributed by atoms with Gasteiger partial charge in [-0.15, -0.1) is 0 Å². The maximum atomic E-state index is 12.8. The molecule has 0 radical (unpaired) electrons. The lowest BCUT2D eigenvalue weighted by Crippen LogP contribution is -2.19. The monoisotopic (exact) mass is 194 g/mol. The lowest BCUT2D eigenvalue weighted by molar-refractivity contribution is 0.0845. The molecule has 1 aliphatic heterocycles.